The predicted octanol–water partition coefficient (Wildman–Crippen LogP) is 3.41. The highest BCUT2D eigenvalue weighted by Gasteiger charge is 2.26. The van der Waals surface area contributed by atoms with E-state index in [9.17, 15) is 9.59 Å². The topological polar surface area (TPSA) is 66.4 Å². The Morgan fingerprint density at radius 2 is 2.00 bits per heavy atom. The third-order valence-corrected chi connectivity index (χ3v) is 3.19. The van der Waals surface area contributed by atoms with Crippen LogP contribution in [-0.4, -0.2) is 17.0 Å². The van der Waals surface area contributed by atoms with Gasteiger partial charge in [-0.3, -0.25) is 4.79 Å². The number of carbonyl (C=O) groups excluding carboxylic acids is 1. The Balaban J connectivity index is 3.05. The molecule has 0 saturated carbocycles. The SMILES string of the molecule is CCC(C)(C)C(=O)Nc1ccc(Cl)cc1C(=O)O. The number of halogens is 1. The van der Waals surface area contributed by atoms with E-state index in [2.05, 4.69) is 5.32 Å². The lowest BCUT2D eigenvalue weighted by molar-refractivity contribution is -0.124. The van der Waals surface area contributed by atoms with Crippen molar-refractivity contribution in [1.82, 2.24) is 0 Å². The van der Waals surface area contributed by atoms with E-state index in [4.69, 9.17) is 16.7 Å². The normalized spacial score (nSPS) is 11.1. The van der Waals surface area contributed by atoms with Gasteiger partial charge in [-0.15, -0.1) is 0 Å². The molecule has 0 aliphatic carbocycles. The maximum Gasteiger partial charge on any atom is 0.337 e. The molecule has 1 rings (SSSR count). The zero-order chi connectivity index (χ0) is 13.9. The fourth-order valence-corrected chi connectivity index (χ4v) is 1.43. The van der Waals surface area contributed by atoms with Crippen LogP contribution < -0.4 is 5.32 Å². The summed E-state index contributed by atoms with van der Waals surface area (Å²) in [6.45, 7) is 5.51. The van der Waals surface area contributed by atoms with E-state index in [1.54, 1.807) is 19.9 Å². The molecule has 0 fully saturated rings. The zero-order valence-corrected chi connectivity index (χ0v) is 11.3. The average Bonchev–Trinajstić information content (AvgIpc) is 2.31. The highest BCUT2D eigenvalue weighted by atomic mass is 35.5. The summed E-state index contributed by atoms with van der Waals surface area (Å²) in [4.78, 5) is 23.1. The van der Waals surface area contributed by atoms with Gasteiger partial charge in [-0.25, -0.2) is 4.79 Å². The van der Waals surface area contributed by atoms with Crippen LogP contribution in [0.2, 0.25) is 5.02 Å². The van der Waals surface area contributed by atoms with Crippen LogP contribution in [0, 0.1) is 5.41 Å². The standard InChI is InChI=1S/C13H16ClNO3/c1-4-13(2,3)12(18)15-10-6-5-8(14)7-9(10)11(16)17/h5-7H,4H2,1-3H3,(H,15,18)(H,16,17). The second-order valence-corrected chi connectivity index (χ2v) is 5.12. The number of anilines is 1. The Kier molecular flexibility index (Phi) is 4.35. The predicted molar refractivity (Wildman–Crippen MR) is 71.1 cm³/mol. The van der Waals surface area contributed by atoms with Gasteiger partial charge in [0.15, 0.2) is 0 Å². The number of carboxylic acids is 1. The van der Waals surface area contributed by atoms with Gasteiger partial charge in [-0.05, 0) is 24.6 Å². The zero-order valence-electron chi connectivity index (χ0n) is 10.6. The van der Waals surface area contributed by atoms with E-state index in [1.165, 1.54) is 12.1 Å². The molecule has 0 radical (unpaired) electrons. The van der Waals surface area contributed by atoms with Crippen LogP contribution in [-0.2, 0) is 4.79 Å². The van der Waals surface area contributed by atoms with E-state index < -0.39 is 11.4 Å². The minimum absolute atomic E-state index is 0.0113. The number of carboxylic acid groups (broad SMARTS) is 1. The molecule has 18 heavy (non-hydrogen) atoms. The first-order valence-corrected chi connectivity index (χ1v) is 6.00. The molecule has 0 atom stereocenters. The van der Waals surface area contributed by atoms with Crippen molar-refractivity contribution in [3.63, 3.8) is 0 Å². The summed E-state index contributed by atoms with van der Waals surface area (Å²) in [5, 5.41) is 12.0. The summed E-state index contributed by atoms with van der Waals surface area (Å²) < 4.78 is 0. The lowest BCUT2D eigenvalue weighted by Crippen LogP contribution is -2.30. The molecule has 0 heterocycles. The van der Waals surface area contributed by atoms with Gasteiger partial charge in [0.25, 0.3) is 0 Å². The van der Waals surface area contributed by atoms with Gasteiger partial charge >= 0.3 is 5.97 Å². The first-order chi connectivity index (χ1) is 8.27. The summed E-state index contributed by atoms with van der Waals surface area (Å²) in [5.41, 5.74) is -0.295. The molecular formula is C13H16ClNO3. The van der Waals surface area contributed by atoms with Crippen molar-refractivity contribution in [2.45, 2.75) is 27.2 Å². The molecule has 0 aliphatic rings. The Labute approximate surface area is 111 Å². The van der Waals surface area contributed by atoms with Crippen LogP contribution in [0.5, 0.6) is 0 Å². The lowest BCUT2D eigenvalue weighted by Gasteiger charge is -2.22. The van der Waals surface area contributed by atoms with Crippen molar-refractivity contribution in [3.8, 4) is 0 Å². The van der Waals surface area contributed by atoms with E-state index in [0.717, 1.165) is 0 Å². The molecule has 0 spiro atoms. The monoisotopic (exact) mass is 269 g/mol. The number of rotatable bonds is 4. The Morgan fingerprint density at radius 3 is 2.50 bits per heavy atom. The van der Waals surface area contributed by atoms with Crippen LogP contribution in [0.1, 0.15) is 37.6 Å². The number of carbonyl (C=O) groups is 2. The van der Waals surface area contributed by atoms with Crippen LogP contribution in [0.25, 0.3) is 0 Å². The van der Waals surface area contributed by atoms with Crippen molar-refractivity contribution >= 4 is 29.2 Å². The quantitative estimate of drug-likeness (QED) is 0.880. The van der Waals surface area contributed by atoms with Gasteiger partial charge in [0.2, 0.25) is 5.91 Å². The molecule has 0 unspecified atom stereocenters. The highest BCUT2D eigenvalue weighted by molar-refractivity contribution is 6.31. The molecule has 1 aromatic rings. The highest BCUT2D eigenvalue weighted by Crippen LogP contribution is 2.25. The third kappa shape index (κ3) is 3.23. The van der Waals surface area contributed by atoms with Gasteiger partial charge < -0.3 is 10.4 Å². The third-order valence-electron chi connectivity index (χ3n) is 2.96. The van der Waals surface area contributed by atoms with Crippen molar-refractivity contribution in [3.05, 3.63) is 28.8 Å². The minimum atomic E-state index is -1.12. The van der Waals surface area contributed by atoms with Gasteiger partial charge in [-0.2, -0.15) is 0 Å². The van der Waals surface area contributed by atoms with Crippen molar-refractivity contribution in [1.29, 1.82) is 0 Å². The minimum Gasteiger partial charge on any atom is -0.478 e. The van der Waals surface area contributed by atoms with Gasteiger partial charge in [0.1, 0.15) is 0 Å². The van der Waals surface area contributed by atoms with Crippen molar-refractivity contribution in [2.24, 2.45) is 5.41 Å². The van der Waals surface area contributed by atoms with Crippen LogP contribution in [0.3, 0.4) is 0 Å². The largest absolute Gasteiger partial charge is 0.478 e. The fraction of sp³-hybridized carbons (Fsp3) is 0.385. The molecule has 0 saturated heterocycles. The first kappa shape index (κ1) is 14.5. The number of nitrogens with one attached hydrogen (secondary N) is 1. The van der Waals surface area contributed by atoms with Crippen molar-refractivity contribution < 1.29 is 14.7 Å². The van der Waals surface area contributed by atoms with E-state index in [0.29, 0.717) is 11.4 Å². The molecule has 5 heteroatoms. The smallest absolute Gasteiger partial charge is 0.337 e. The summed E-state index contributed by atoms with van der Waals surface area (Å²) in [6.07, 6.45) is 0.662. The van der Waals surface area contributed by atoms with E-state index in [1.807, 2.05) is 6.92 Å². The maximum atomic E-state index is 12.0. The summed E-state index contributed by atoms with van der Waals surface area (Å²) in [7, 11) is 0. The molecule has 0 aromatic heterocycles. The number of benzene rings is 1. The molecule has 1 amide bonds. The van der Waals surface area contributed by atoms with Crippen molar-refractivity contribution in [2.75, 3.05) is 5.32 Å². The molecular weight excluding hydrogens is 254 g/mol. The second-order valence-electron chi connectivity index (χ2n) is 4.69. The maximum absolute atomic E-state index is 12.0. The molecule has 1 aromatic carbocycles. The van der Waals surface area contributed by atoms with Crippen LogP contribution >= 0.6 is 11.6 Å². The molecule has 4 nitrogen and oxygen atoms in total. The first-order valence-electron chi connectivity index (χ1n) is 5.62. The van der Waals surface area contributed by atoms with Gasteiger partial charge in [-0.1, -0.05) is 32.4 Å². The fourth-order valence-electron chi connectivity index (χ4n) is 1.25. The number of amides is 1. The van der Waals surface area contributed by atoms with Crippen LogP contribution in [0.15, 0.2) is 18.2 Å². The molecule has 2 N–H and O–H groups in total. The number of aromatic carboxylic acids is 1. The van der Waals surface area contributed by atoms with E-state index in [-0.39, 0.29) is 17.2 Å². The summed E-state index contributed by atoms with van der Waals surface area (Å²) in [5.74, 6) is -1.34. The lowest BCUT2D eigenvalue weighted by atomic mass is 9.89. The molecule has 98 valence electrons. The Hall–Kier alpha value is -1.55. The van der Waals surface area contributed by atoms with Gasteiger partial charge in [0, 0.05) is 10.4 Å². The number of hydrogen-bond acceptors (Lipinski definition) is 2. The summed E-state index contributed by atoms with van der Waals surface area (Å²) >= 11 is 5.74. The Bertz CT molecular complexity index is 483. The second kappa shape index (κ2) is 5.40. The van der Waals surface area contributed by atoms with Gasteiger partial charge in [0.05, 0.1) is 11.3 Å². The van der Waals surface area contributed by atoms with Crippen LogP contribution in [0.4, 0.5) is 5.69 Å². The summed E-state index contributed by atoms with van der Waals surface area (Å²) in [6, 6.07) is 4.36. The number of hydrogen-bond donors (Lipinski definition) is 2. The average molecular weight is 270 g/mol. The molecule has 0 bridgehead atoms. The molecule has 0 aliphatic heterocycles. The Morgan fingerprint density at radius 1 is 1.39 bits per heavy atom. The van der Waals surface area contributed by atoms with E-state index >= 15 is 0 Å².